The third kappa shape index (κ3) is 4.20. The number of rotatable bonds is 7. The van der Waals surface area contributed by atoms with Crippen LogP contribution in [0.2, 0.25) is 0 Å². The lowest BCUT2D eigenvalue weighted by atomic mass is 10.1. The molecule has 0 unspecified atom stereocenters. The summed E-state index contributed by atoms with van der Waals surface area (Å²) in [5.41, 5.74) is 1.35. The number of Topliss-reactive ketones (excluding diaryl/α,β-unsaturated/α-hetero) is 1. The monoisotopic (exact) mass is 246 g/mol. The largest absolute Gasteiger partial charge is 0.337 e. The lowest BCUT2D eigenvalue weighted by molar-refractivity contribution is -0.116. The summed E-state index contributed by atoms with van der Waals surface area (Å²) in [5, 5.41) is 0. The van der Waals surface area contributed by atoms with Gasteiger partial charge in [0.05, 0.1) is 0 Å². The summed E-state index contributed by atoms with van der Waals surface area (Å²) in [6.45, 7) is 0. The van der Waals surface area contributed by atoms with E-state index in [1.165, 1.54) is 26.2 Å². The van der Waals surface area contributed by atoms with Gasteiger partial charge in [0.15, 0.2) is 0 Å². The fourth-order valence-corrected chi connectivity index (χ4v) is 2.76. The number of allylic oxidation sites excluding steroid dienone is 2. The maximum absolute atomic E-state index is 11.7. The summed E-state index contributed by atoms with van der Waals surface area (Å²) in [6.07, 6.45) is 6.71. The van der Waals surface area contributed by atoms with Crippen LogP contribution in [0.5, 0.6) is 0 Å². The molecule has 0 fully saturated rings. The van der Waals surface area contributed by atoms with Gasteiger partial charge in [-0.25, -0.2) is 0 Å². The van der Waals surface area contributed by atoms with Gasteiger partial charge in [-0.05, 0) is 25.7 Å². The van der Waals surface area contributed by atoms with Gasteiger partial charge in [0.25, 0.3) is 0 Å². The molecule has 0 saturated heterocycles. The predicted octanol–water partition coefficient (Wildman–Crippen LogP) is 2.93. The van der Waals surface area contributed by atoms with Crippen LogP contribution in [0, 0.1) is 0 Å². The predicted molar refractivity (Wildman–Crippen MR) is 62.7 cm³/mol. The van der Waals surface area contributed by atoms with Crippen LogP contribution >= 0.6 is 7.60 Å². The topological polar surface area (TPSA) is 52.6 Å². The van der Waals surface area contributed by atoms with E-state index in [-0.39, 0.29) is 11.9 Å². The van der Waals surface area contributed by atoms with Gasteiger partial charge in [0, 0.05) is 20.6 Å². The average molecular weight is 246 g/mol. The molecular formula is C11H19O4P. The van der Waals surface area contributed by atoms with Crippen molar-refractivity contribution >= 4 is 13.4 Å². The van der Waals surface area contributed by atoms with Gasteiger partial charge in [-0.3, -0.25) is 9.36 Å². The van der Waals surface area contributed by atoms with E-state index in [2.05, 4.69) is 6.08 Å². The zero-order valence-corrected chi connectivity index (χ0v) is 10.8. The van der Waals surface area contributed by atoms with E-state index in [4.69, 9.17) is 9.05 Å². The molecule has 0 spiro atoms. The van der Waals surface area contributed by atoms with E-state index in [1.54, 1.807) is 0 Å². The van der Waals surface area contributed by atoms with Crippen LogP contribution in [0.1, 0.15) is 32.1 Å². The van der Waals surface area contributed by atoms with E-state index < -0.39 is 7.60 Å². The number of carbonyl (C=O) groups excluding carboxylic acids is 1. The van der Waals surface area contributed by atoms with E-state index >= 15 is 0 Å². The molecule has 0 atom stereocenters. The minimum atomic E-state index is -3.17. The Balaban J connectivity index is 2.32. The molecular weight excluding hydrogens is 227 g/mol. The highest BCUT2D eigenvalue weighted by Crippen LogP contribution is 2.46. The summed E-state index contributed by atoms with van der Waals surface area (Å²) in [7, 11) is -0.562. The highest BCUT2D eigenvalue weighted by Gasteiger charge is 2.25. The normalized spacial score (nSPS) is 16.2. The molecule has 0 aromatic carbocycles. The van der Waals surface area contributed by atoms with Crippen LogP contribution in [0.15, 0.2) is 11.6 Å². The Morgan fingerprint density at radius 3 is 2.62 bits per heavy atom. The molecule has 0 aromatic heterocycles. The van der Waals surface area contributed by atoms with Gasteiger partial charge in [0.1, 0.15) is 11.9 Å². The Kier molecular flexibility index (Phi) is 5.39. The Morgan fingerprint density at radius 2 is 2.12 bits per heavy atom. The number of carbonyl (C=O) groups is 1. The van der Waals surface area contributed by atoms with Crippen molar-refractivity contribution in [1.29, 1.82) is 0 Å². The standard InChI is InChI=1S/C11H19O4P/c1-14-16(13,15-2)9-11(12)8-7-10-5-3-4-6-10/h5H,3-4,6-9H2,1-2H3. The highest BCUT2D eigenvalue weighted by molar-refractivity contribution is 7.54. The molecule has 5 heteroatoms. The molecule has 92 valence electrons. The summed E-state index contributed by atoms with van der Waals surface area (Å²) in [5.74, 6) is -0.0557. The summed E-state index contributed by atoms with van der Waals surface area (Å²) >= 11 is 0. The van der Waals surface area contributed by atoms with E-state index in [9.17, 15) is 9.36 Å². The second-order valence-electron chi connectivity index (χ2n) is 3.93. The molecule has 0 saturated carbocycles. The molecule has 0 radical (unpaired) electrons. The summed E-state index contributed by atoms with van der Waals surface area (Å²) in [6, 6.07) is 0. The molecule has 0 N–H and O–H groups in total. The molecule has 1 aliphatic rings. The van der Waals surface area contributed by atoms with Gasteiger partial charge in [0.2, 0.25) is 0 Å². The van der Waals surface area contributed by atoms with Gasteiger partial charge in [-0.15, -0.1) is 0 Å². The van der Waals surface area contributed by atoms with Crippen molar-refractivity contribution in [3.8, 4) is 0 Å². The fraction of sp³-hybridized carbons (Fsp3) is 0.727. The SMILES string of the molecule is COP(=O)(CC(=O)CCC1=CCCC1)OC. The average Bonchev–Trinajstić information content (AvgIpc) is 2.79. The first-order chi connectivity index (χ1) is 7.59. The van der Waals surface area contributed by atoms with Crippen molar-refractivity contribution in [1.82, 2.24) is 0 Å². The minimum Gasteiger partial charge on any atom is -0.312 e. The van der Waals surface area contributed by atoms with Crippen molar-refractivity contribution in [2.24, 2.45) is 0 Å². The van der Waals surface area contributed by atoms with Crippen LogP contribution in [-0.4, -0.2) is 26.2 Å². The van der Waals surface area contributed by atoms with Crippen LogP contribution in [0.3, 0.4) is 0 Å². The number of ketones is 1. The van der Waals surface area contributed by atoms with Crippen molar-refractivity contribution < 1.29 is 18.4 Å². The maximum Gasteiger partial charge on any atom is 0.337 e. The molecule has 0 aromatic rings. The second kappa shape index (κ2) is 6.33. The maximum atomic E-state index is 11.7. The van der Waals surface area contributed by atoms with Crippen LogP contribution in [0.4, 0.5) is 0 Å². The minimum absolute atomic E-state index is 0.0557. The van der Waals surface area contributed by atoms with E-state index in [1.807, 2.05) is 0 Å². The number of hydrogen-bond acceptors (Lipinski definition) is 4. The molecule has 0 bridgehead atoms. The van der Waals surface area contributed by atoms with Gasteiger partial charge in [-0.2, -0.15) is 0 Å². The first-order valence-corrected chi connectivity index (χ1v) is 7.22. The molecule has 1 rings (SSSR count). The van der Waals surface area contributed by atoms with Crippen molar-refractivity contribution in [2.45, 2.75) is 32.1 Å². The third-order valence-electron chi connectivity index (χ3n) is 2.79. The lowest BCUT2D eigenvalue weighted by Crippen LogP contribution is -2.07. The van der Waals surface area contributed by atoms with Gasteiger partial charge >= 0.3 is 7.60 Å². The smallest absolute Gasteiger partial charge is 0.312 e. The Hall–Kier alpha value is -0.440. The van der Waals surface area contributed by atoms with Gasteiger partial charge in [-0.1, -0.05) is 11.6 Å². The summed E-state index contributed by atoms with van der Waals surface area (Å²) < 4.78 is 21.1. The molecule has 0 aliphatic heterocycles. The van der Waals surface area contributed by atoms with Crippen molar-refractivity contribution in [2.75, 3.05) is 20.4 Å². The van der Waals surface area contributed by atoms with Crippen LogP contribution in [-0.2, 0) is 18.4 Å². The quantitative estimate of drug-likeness (QED) is 0.512. The van der Waals surface area contributed by atoms with Gasteiger partial charge < -0.3 is 9.05 Å². The third-order valence-corrected chi connectivity index (χ3v) is 4.64. The first kappa shape index (κ1) is 13.6. The van der Waals surface area contributed by atoms with Crippen molar-refractivity contribution in [3.63, 3.8) is 0 Å². The fourth-order valence-electron chi connectivity index (χ4n) is 1.76. The molecule has 0 heterocycles. The van der Waals surface area contributed by atoms with E-state index in [0.29, 0.717) is 6.42 Å². The van der Waals surface area contributed by atoms with E-state index in [0.717, 1.165) is 19.3 Å². The lowest BCUT2D eigenvalue weighted by Gasteiger charge is -2.12. The molecule has 0 amide bonds. The zero-order chi connectivity index (χ0) is 12.0. The zero-order valence-electron chi connectivity index (χ0n) is 9.90. The molecule has 1 aliphatic carbocycles. The molecule has 16 heavy (non-hydrogen) atoms. The van der Waals surface area contributed by atoms with Crippen molar-refractivity contribution in [3.05, 3.63) is 11.6 Å². The Morgan fingerprint density at radius 1 is 1.44 bits per heavy atom. The molecule has 4 nitrogen and oxygen atoms in total. The highest BCUT2D eigenvalue weighted by atomic mass is 31.2. The van der Waals surface area contributed by atoms with Crippen LogP contribution < -0.4 is 0 Å². The second-order valence-corrected chi connectivity index (χ2v) is 6.20. The Bertz CT molecular complexity index is 314. The number of hydrogen-bond donors (Lipinski definition) is 0. The van der Waals surface area contributed by atoms with Crippen LogP contribution in [0.25, 0.3) is 0 Å². The first-order valence-electron chi connectivity index (χ1n) is 5.50. The summed E-state index contributed by atoms with van der Waals surface area (Å²) in [4.78, 5) is 11.6. The Labute approximate surface area is 96.5 Å².